The average Bonchev–Trinajstić information content (AvgIpc) is 2.34. The SMILES string of the molecule is COCCNC(=O)C(C)Oc1ccc(Br)c(C)c1. The monoisotopic (exact) mass is 315 g/mol. The molecule has 100 valence electrons. The van der Waals surface area contributed by atoms with Gasteiger partial charge in [-0.3, -0.25) is 4.79 Å². The summed E-state index contributed by atoms with van der Waals surface area (Å²) < 4.78 is 11.4. The van der Waals surface area contributed by atoms with Crippen LogP contribution >= 0.6 is 15.9 Å². The Balaban J connectivity index is 2.50. The van der Waals surface area contributed by atoms with Gasteiger partial charge < -0.3 is 14.8 Å². The Morgan fingerprint density at radius 1 is 1.50 bits per heavy atom. The predicted octanol–water partition coefficient (Wildman–Crippen LogP) is 2.29. The van der Waals surface area contributed by atoms with Crippen molar-refractivity contribution in [2.75, 3.05) is 20.3 Å². The third-order valence-corrected chi connectivity index (χ3v) is 3.31. The summed E-state index contributed by atoms with van der Waals surface area (Å²) in [6.45, 7) is 4.68. The van der Waals surface area contributed by atoms with E-state index in [1.54, 1.807) is 14.0 Å². The maximum absolute atomic E-state index is 11.7. The number of hydrogen-bond donors (Lipinski definition) is 1. The molecule has 5 heteroatoms. The Morgan fingerprint density at radius 3 is 2.83 bits per heavy atom. The van der Waals surface area contributed by atoms with Gasteiger partial charge in [0.1, 0.15) is 5.75 Å². The maximum atomic E-state index is 11.7. The second-order valence-corrected chi connectivity index (χ2v) is 4.81. The van der Waals surface area contributed by atoms with E-state index in [1.165, 1.54) is 0 Å². The van der Waals surface area contributed by atoms with Crippen molar-refractivity contribution in [1.82, 2.24) is 5.32 Å². The van der Waals surface area contributed by atoms with Gasteiger partial charge in [0, 0.05) is 18.1 Å². The summed E-state index contributed by atoms with van der Waals surface area (Å²) in [5.41, 5.74) is 1.07. The van der Waals surface area contributed by atoms with Gasteiger partial charge in [-0.15, -0.1) is 0 Å². The van der Waals surface area contributed by atoms with Crippen LogP contribution in [-0.2, 0) is 9.53 Å². The van der Waals surface area contributed by atoms with Crippen LogP contribution in [0.2, 0.25) is 0 Å². The summed E-state index contributed by atoms with van der Waals surface area (Å²) in [5.74, 6) is 0.540. The zero-order valence-electron chi connectivity index (χ0n) is 10.8. The van der Waals surface area contributed by atoms with Crippen molar-refractivity contribution in [1.29, 1.82) is 0 Å². The Morgan fingerprint density at radius 2 is 2.22 bits per heavy atom. The van der Waals surface area contributed by atoms with Gasteiger partial charge in [-0.2, -0.15) is 0 Å². The maximum Gasteiger partial charge on any atom is 0.260 e. The largest absolute Gasteiger partial charge is 0.481 e. The van der Waals surface area contributed by atoms with Crippen LogP contribution in [0.5, 0.6) is 5.75 Å². The molecule has 0 fully saturated rings. The number of rotatable bonds is 6. The Labute approximate surface area is 116 Å². The van der Waals surface area contributed by atoms with E-state index in [-0.39, 0.29) is 5.91 Å². The lowest BCUT2D eigenvalue weighted by atomic mass is 10.2. The number of hydrogen-bond acceptors (Lipinski definition) is 3. The first-order valence-electron chi connectivity index (χ1n) is 5.74. The molecule has 0 aliphatic heterocycles. The van der Waals surface area contributed by atoms with E-state index in [0.29, 0.717) is 18.9 Å². The van der Waals surface area contributed by atoms with Crippen molar-refractivity contribution < 1.29 is 14.3 Å². The highest BCUT2D eigenvalue weighted by Crippen LogP contribution is 2.22. The molecular weight excluding hydrogens is 298 g/mol. The summed E-state index contributed by atoms with van der Waals surface area (Å²) in [4.78, 5) is 11.7. The van der Waals surface area contributed by atoms with E-state index in [0.717, 1.165) is 10.0 Å². The molecule has 0 saturated heterocycles. The fraction of sp³-hybridized carbons (Fsp3) is 0.462. The minimum atomic E-state index is -0.526. The number of ether oxygens (including phenoxy) is 2. The van der Waals surface area contributed by atoms with Gasteiger partial charge in [-0.05, 0) is 37.6 Å². The van der Waals surface area contributed by atoms with Gasteiger partial charge >= 0.3 is 0 Å². The number of nitrogens with one attached hydrogen (secondary N) is 1. The summed E-state index contributed by atoms with van der Waals surface area (Å²) in [6, 6.07) is 5.62. The van der Waals surface area contributed by atoms with Gasteiger partial charge in [-0.1, -0.05) is 15.9 Å². The fourth-order valence-corrected chi connectivity index (χ4v) is 1.61. The number of halogens is 1. The molecule has 1 unspecified atom stereocenters. The molecule has 0 heterocycles. The van der Waals surface area contributed by atoms with E-state index in [4.69, 9.17) is 9.47 Å². The van der Waals surface area contributed by atoms with E-state index in [1.807, 2.05) is 25.1 Å². The van der Waals surface area contributed by atoms with E-state index < -0.39 is 6.10 Å². The molecule has 0 saturated carbocycles. The third-order valence-electron chi connectivity index (χ3n) is 2.42. The van der Waals surface area contributed by atoms with Crippen LogP contribution in [-0.4, -0.2) is 32.3 Å². The molecule has 4 nitrogen and oxygen atoms in total. The summed E-state index contributed by atoms with van der Waals surface area (Å²) in [5, 5.41) is 2.73. The second-order valence-electron chi connectivity index (χ2n) is 3.95. The van der Waals surface area contributed by atoms with Crippen molar-refractivity contribution in [3.8, 4) is 5.75 Å². The highest BCUT2D eigenvalue weighted by molar-refractivity contribution is 9.10. The molecule has 1 aromatic rings. The first kappa shape index (κ1) is 15.0. The van der Waals surface area contributed by atoms with E-state index >= 15 is 0 Å². The van der Waals surface area contributed by atoms with Crippen LogP contribution in [0.3, 0.4) is 0 Å². The quantitative estimate of drug-likeness (QED) is 0.819. The topological polar surface area (TPSA) is 47.6 Å². The van der Waals surface area contributed by atoms with Crippen molar-refractivity contribution >= 4 is 21.8 Å². The molecule has 1 N–H and O–H groups in total. The van der Waals surface area contributed by atoms with Crippen molar-refractivity contribution in [2.24, 2.45) is 0 Å². The normalized spacial score (nSPS) is 12.0. The molecule has 0 radical (unpaired) electrons. The Bertz CT molecular complexity index is 409. The number of carbonyl (C=O) groups excluding carboxylic acids is 1. The lowest BCUT2D eigenvalue weighted by molar-refractivity contribution is -0.127. The first-order chi connectivity index (χ1) is 8.54. The summed E-state index contributed by atoms with van der Waals surface area (Å²) in [6.07, 6.45) is -0.526. The number of aryl methyl sites for hydroxylation is 1. The molecule has 1 aromatic carbocycles. The summed E-state index contributed by atoms with van der Waals surface area (Å²) >= 11 is 3.42. The zero-order valence-corrected chi connectivity index (χ0v) is 12.4. The average molecular weight is 316 g/mol. The van der Waals surface area contributed by atoms with Crippen LogP contribution in [0.25, 0.3) is 0 Å². The number of methoxy groups -OCH3 is 1. The second kappa shape index (κ2) is 7.38. The van der Waals surface area contributed by atoms with E-state index in [9.17, 15) is 4.79 Å². The van der Waals surface area contributed by atoms with Crippen molar-refractivity contribution in [3.05, 3.63) is 28.2 Å². The van der Waals surface area contributed by atoms with Crippen LogP contribution in [0.4, 0.5) is 0 Å². The lowest BCUT2D eigenvalue weighted by Crippen LogP contribution is -2.37. The van der Waals surface area contributed by atoms with Crippen LogP contribution < -0.4 is 10.1 Å². The van der Waals surface area contributed by atoms with Crippen molar-refractivity contribution in [3.63, 3.8) is 0 Å². The molecule has 0 bridgehead atoms. The Hall–Kier alpha value is -1.07. The standard InChI is InChI=1S/C13H18BrNO3/c1-9-8-11(4-5-12(9)14)18-10(2)13(16)15-6-7-17-3/h4-5,8,10H,6-7H2,1-3H3,(H,15,16). The summed E-state index contributed by atoms with van der Waals surface area (Å²) in [7, 11) is 1.59. The zero-order chi connectivity index (χ0) is 13.5. The molecule has 1 rings (SSSR count). The number of amides is 1. The van der Waals surface area contributed by atoms with Gasteiger partial charge in [-0.25, -0.2) is 0 Å². The molecule has 18 heavy (non-hydrogen) atoms. The highest BCUT2D eigenvalue weighted by atomic mass is 79.9. The molecule has 0 spiro atoms. The van der Waals surface area contributed by atoms with Crippen LogP contribution in [0, 0.1) is 6.92 Å². The highest BCUT2D eigenvalue weighted by Gasteiger charge is 2.14. The smallest absolute Gasteiger partial charge is 0.260 e. The number of carbonyl (C=O) groups is 1. The Kier molecular flexibility index (Phi) is 6.15. The van der Waals surface area contributed by atoms with Gasteiger partial charge in [0.15, 0.2) is 6.10 Å². The molecule has 0 aliphatic rings. The molecule has 1 atom stereocenters. The molecule has 1 amide bonds. The molecule has 0 aliphatic carbocycles. The molecule has 0 aromatic heterocycles. The first-order valence-corrected chi connectivity index (χ1v) is 6.53. The minimum absolute atomic E-state index is 0.146. The van der Waals surface area contributed by atoms with Gasteiger partial charge in [0.05, 0.1) is 6.61 Å². The van der Waals surface area contributed by atoms with Gasteiger partial charge in [0.2, 0.25) is 0 Å². The van der Waals surface area contributed by atoms with Crippen LogP contribution in [0.1, 0.15) is 12.5 Å². The van der Waals surface area contributed by atoms with E-state index in [2.05, 4.69) is 21.2 Å². The third kappa shape index (κ3) is 4.66. The minimum Gasteiger partial charge on any atom is -0.481 e. The van der Waals surface area contributed by atoms with Gasteiger partial charge in [0.25, 0.3) is 5.91 Å². The fourth-order valence-electron chi connectivity index (χ4n) is 1.37. The predicted molar refractivity (Wildman–Crippen MR) is 73.9 cm³/mol. The number of benzene rings is 1. The van der Waals surface area contributed by atoms with Crippen molar-refractivity contribution in [2.45, 2.75) is 20.0 Å². The lowest BCUT2D eigenvalue weighted by Gasteiger charge is -2.15. The van der Waals surface area contributed by atoms with Crippen LogP contribution in [0.15, 0.2) is 22.7 Å². The molecular formula is C13H18BrNO3.